The highest BCUT2D eigenvalue weighted by Gasteiger charge is 2.09. The molecular formula is C10H15N3O4S. The fraction of sp³-hybridized carbons (Fsp3) is 0.400. The van der Waals surface area contributed by atoms with Gasteiger partial charge in [-0.05, 0) is 12.1 Å². The molecule has 0 amide bonds. The van der Waals surface area contributed by atoms with Crippen molar-refractivity contribution in [3.63, 3.8) is 0 Å². The zero-order chi connectivity index (χ0) is 13.8. The number of likely N-dealkylation sites (N-methyl/N-ethyl adjacent to an activating group) is 1. The molecule has 0 spiro atoms. The third kappa shape index (κ3) is 4.30. The quantitative estimate of drug-likeness (QED) is 0.614. The van der Waals surface area contributed by atoms with E-state index >= 15 is 0 Å². The highest BCUT2D eigenvalue weighted by molar-refractivity contribution is 7.88. The lowest BCUT2D eigenvalue weighted by molar-refractivity contribution is -0.384. The van der Waals surface area contributed by atoms with Gasteiger partial charge in [-0.25, -0.2) is 12.7 Å². The van der Waals surface area contributed by atoms with E-state index in [0.29, 0.717) is 18.8 Å². The second-order valence-corrected chi connectivity index (χ2v) is 5.90. The minimum absolute atomic E-state index is 0.0220. The Bertz CT molecular complexity index is 512. The molecule has 0 atom stereocenters. The molecule has 0 heterocycles. The molecule has 0 aliphatic carbocycles. The lowest BCUT2D eigenvalue weighted by Gasteiger charge is -2.14. The van der Waals surface area contributed by atoms with Crippen LogP contribution in [-0.2, 0) is 10.0 Å². The maximum Gasteiger partial charge on any atom is 0.269 e. The Morgan fingerprint density at radius 2 is 1.89 bits per heavy atom. The Hall–Kier alpha value is -1.67. The summed E-state index contributed by atoms with van der Waals surface area (Å²) in [5, 5.41) is 13.4. The third-order valence-corrected chi connectivity index (χ3v) is 3.71. The second-order valence-electron chi connectivity index (χ2n) is 3.82. The van der Waals surface area contributed by atoms with Gasteiger partial charge in [0.25, 0.3) is 5.69 Å². The van der Waals surface area contributed by atoms with Crippen LogP contribution in [0.4, 0.5) is 11.4 Å². The Balaban J connectivity index is 2.47. The molecule has 8 heteroatoms. The van der Waals surface area contributed by atoms with Crippen LogP contribution in [0.2, 0.25) is 0 Å². The van der Waals surface area contributed by atoms with Gasteiger partial charge in [-0.15, -0.1) is 0 Å². The van der Waals surface area contributed by atoms with Crippen molar-refractivity contribution in [2.24, 2.45) is 0 Å². The average molecular weight is 273 g/mol. The molecule has 7 nitrogen and oxygen atoms in total. The van der Waals surface area contributed by atoms with E-state index in [1.165, 1.54) is 23.5 Å². The number of nitrogens with zero attached hydrogens (tertiary/aromatic N) is 2. The maximum absolute atomic E-state index is 11.1. The number of nitro groups is 1. The van der Waals surface area contributed by atoms with Gasteiger partial charge in [-0.2, -0.15) is 0 Å². The molecule has 0 aromatic heterocycles. The Labute approximate surface area is 106 Å². The fourth-order valence-corrected chi connectivity index (χ4v) is 1.65. The molecule has 1 aromatic carbocycles. The van der Waals surface area contributed by atoms with Gasteiger partial charge < -0.3 is 5.32 Å². The molecule has 0 aliphatic rings. The van der Waals surface area contributed by atoms with E-state index in [4.69, 9.17) is 0 Å². The summed E-state index contributed by atoms with van der Waals surface area (Å²) < 4.78 is 23.5. The minimum atomic E-state index is -3.17. The third-order valence-electron chi connectivity index (χ3n) is 2.40. The van der Waals surface area contributed by atoms with Gasteiger partial charge in [0, 0.05) is 38.0 Å². The average Bonchev–Trinajstić information content (AvgIpc) is 2.28. The van der Waals surface area contributed by atoms with Crippen LogP contribution < -0.4 is 5.32 Å². The predicted molar refractivity (Wildman–Crippen MR) is 69.1 cm³/mol. The molecule has 0 radical (unpaired) electrons. The van der Waals surface area contributed by atoms with E-state index in [-0.39, 0.29) is 5.69 Å². The Morgan fingerprint density at radius 1 is 1.33 bits per heavy atom. The van der Waals surface area contributed by atoms with Crippen LogP contribution in [-0.4, -0.2) is 44.0 Å². The van der Waals surface area contributed by atoms with E-state index in [0.717, 1.165) is 6.26 Å². The highest BCUT2D eigenvalue weighted by Crippen LogP contribution is 2.14. The summed E-state index contributed by atoms with van der Waals surface area (Å²) in [6.07, 6.45) is 1.14. The number of non-ortho nitro benzene ring substituents is 1. The molecule has 1 N–H and O–H groups in total. The van der Waals surface area contributed by atoms with Crippen molar-refractivity contribution >= 4 is 21.4 Å². The van der Waals surface area contributed by atoms with E-state index in [2.05, 4.69) is 5.32 Å². The lowest BCUT2D eigenvalue weighted by atomic mass is 10.3. The van der Waals surface area contributed by atoms with Crippen LogP contribution in [0, 0.1) is 10.1 Å². The van der Waals surface area contributed by atoms with Crippen molar-refractivity contribution < 1.29 is 13.3 Å². The predicted octanol–water partition coefficient (Wildman–Crippen LogP) is 0.898. The molecule has 0 unspecified atom stereocenters. The Morgan fingerprint density at radius 3 is 2.33 bits per heavy atom. The number of anilines is 1. The molecule has 0 saturated heterocycles. The van der Waals surface area contributed by atoms with E-state index in [1.807, 2.05) is 0 Å². The topological polar surface area (TPSA) is 92.5 Å². The zero-order valence-electron chi connectivity index (χ0n) is 10.2. The van der Waals surface area contributed by atoms with Crippen LogP contribution in [0.5, 0.6) is 0 Å². The van der Waals surface area contributed by atoms with Gasteiger partial charge in [-0.3, -0.25) is 10.1 Å². The van der Waals surface area contributed by atoms with Crippen molar-refractivity contribution in [3.8, 4) is 0 Å². The van der Waals surface area contributed by atoms with Crippen LogP contribution in [0.1, 0.15) is 0 Å². The molecule has 1 rings (SSSR count). The summed E-state index contributed by atoms with van der Waals surface area (Å²) in [6, 6.07) is 5.95. The van der Waals surface area contributed by atoms with Crippen LogP contribution >= 0.6 is 0 Å². The van der Waals surface area contributed by atoms with Crippen molar-refractivity contribution in [2.45, 2.75) is 0 Å². The monoisotopic (exact) mass is 273 g/mol. The number of rotatable bonds is 6. The van der Waals surface area contributed by atoms with E-state index < -0.39 is 14.9 Å². The summed E-state index contributed by atoms with van der Waals surface area (Å²) in [6.45, 7) is 0.761. The second kappa shape index (κ2) is 5.78. The highest BCUT2D eigenvalue weighted by atomic mass is 32.2. The molecule has 18 heavy (non-hydrogen) atoms. The minimum Gasteiger partial charge on any atom is -0.384 e. The summed E-state index contributed by atoms with van der Waals surface area (Å²) in [4.78, 5) is 9.97. The van der Waals surface area contributed by atoms with Gasteiger partial charge >= 0.3 is 0 Å². The molecule has 0 aliphatic heterocycles. The van der Waals surface area contributed by atoms with Gasteiger partial charge in [0.15, 0.2) is 0 Å². The first-order valence-electron chi connectivity index (χ1n) is 5.20. The normalized spacial score (nSPS) is 11.5. The molecule has 0 fully saturated rings. The number of hydrogen-bond donors (Lipinski definition) is 1. The first-order chi connectivity index (χ1) is 8.30. The summed E-state index contributed by atoms with van der Waals surface area (Å²) in [5.41, 5.74) is 0.733. The van der Waals surface area contributed by atoms with Crippen molar-refractivity contribution in [1.29, 1.82) is 0 Å². The number of sulfonamides is 1. The van der Waals surface area contributed by atoms with Gasteiger partial charge in [-0.1, -0.05) is 0 Å². The van der Waals surface area contributed by atoms with Gasteiger partial charge in [0.1, 0.15) is 0 Å². The van der Waals surface area contributed by atoms with E-state index in [9.17, 15) is 18.5 Å². The molecule has 100 valence electrons. The smallest absolute Gasteiger partial charge is 0.269 e. The van der Waals surface area contributed by atoms with Crippen LogP contribution in [0.3, 0.4) is 0 Å². The number of hydrogen-bond acceptors (Lipinski definition) is 5. The molecule has 0 saturated carbocycles. The lowest BCUT2D eigenvalue weighted by Crippen LogP contribution is -2.30. The zero-order valence-corrected chi connectivity index (χ0v) is 11.0. The largest absolute Gasteiger partial charge is 0.384 e. The van der Waals surface area contributed by atoms with Crippen molar-refractivity contribution in [1.82, 2.24) is 4.31 Å². The first kappa shape index (κ1) is 14.4. The molecular weight excluding hydrogens is 258 g/mol. The molecule has 0 bridgehead atoms. The fourth-order valence-electron chi connectivity index (χ4n) is 1.22. The number of nitro benzene ring substituents is 1. The first-order valence-corrected chi connectivity index (χ1v) is 7.05. The van der Waals surface area contributed by atoms with Gasteiger partial charge in [0.05, 0.1) is 11.2 Å². The van der Waals surface area contributed by atoms with Crippen LogP contribution in [0.15, 0.2) is 24.3 Å². The number of nitrogens with one attached hydrogen (secondary N) is 1. The number of benzene rings is 1. The maximum atomic E-state index is 11.1. The van der Waals surface area contributed by atoms with Crippen LogP contribution in [0.25, 0.3) is 0 Å². The van der Waals surface area contributed by atoms with Crippen molar-refractivity contribution in [3.05, 3.63) is 34.4 Å². The van der Waals surface area contributed by atoms with E-state index in [1.54, 1.807) is 12.1 Å². The van der Waals surface area contributed by atoms with Crippen molar-refractivity contribution in [2.75, 3.05) is 31.7 Å². The van der Waals surface area contributed by atoms with Gasteiger partial charge in [0.2, 0.25) is 10.0 Å². The standard InChI is InChI=1S/C10H15N3O4S/c1-12(18(2,16)17)8-7-11-9-3-5-10(6-4-9)13(14)15/h3-6,11H,7-8H2,1-2H3. The summed E-state index contributed by atoms with van der Waals surface area (Å²) in [7, 11) is -1.68. The SMILES string of the molecule is CN(CCNc1ccc([N+](=O)[O-])cc1)S(C)(=O)=O. The summed E-state index contributed by atoms with van der Waals surface area (Å²) in [5.74, 6) is 0. The Kier molecular flexibility index (Phi) is 4.62. The summed E-state index contributed by atoms with van der Waals surface area (Å²) >= 11 is 0. The molecule has 1 aromatic rings.